The molecule has 0 radical (unpaired) electrons. The molecule has 0 bridgehead atoms. The number of fused-ring (bicyclic) bond motifs is 1. The summed E-state index contributed by atoms with van der Waals surface area (Å²) in [6.07, 6.45) is 3.08. The molecule has 3 nitrogen and oxygen atoms in total. The highest BCUT2D eigenvalue weighted by atomic mass is 79.9. The predicted molar refractivity (Wildman–Crippen MR) is 88.1 cm³/mol. The fraction of sp³-hybridized carbons (Fsp3) is 0.235. The molecule has 0 spiro atoms. The maximum absolute atomic E-state index is 12.3. The van der Waals surface area contributed by atoms with Crippen molar-refractivity contribution in [3.63, 3.8) is 0 Å². The van der Waals surface area contributed by atoms with Crippen LogP contribution in [0.1, 0.15) is 40.4 Å². The minimum absolute atomic E-state index is 0.0304. The zero-order valence-corrected chi connectivity index (χ0v) is 13.2. The number of hydrogen-bond donors (Lipinski definition) is 2. The number of anilines is 1. The Balaban J connectivity index is 1.80. The lowest BCUT2D eigenvalue weighted by Crippen LogP contribution is -2.31. The number of halogens is 1. The molecule has 0 saturated carbocycles. The molecule has 1 amide bonds. The van der Waals surface area contributed by atoms with E-state index in [2.05, 4.69) is 21.2 Å². The Hall–Kier alpha value is -1.81. The number of benzene rings is 2. The summed E-state index contributed by atoms with van der Waals surface area (Å²) in [5, 5.41) is 3.14. The summed E-state index contributed by atoms with van der Waals surface area (Å²) in [4.78, 5) is 12.3. The van der Waals surface area contributed by atoms with Crippen LogP contribution in [0.15, 0.2) is 46.9 Å². The second kappa shape index (κ2) is 5.90. The van der Waals surface area contributed by atoms with Crippen LogP contribution in [-0.2, 0) is 6.42 Å². The van der Waals surface area contributed by atoms with Gasteiger partial charge in [-0.25, -0.2) is 0 Å². The lowest BCUT2D eigenvalue weighted by molar-refractivity contribution is 0.0933. The first kappa shape index (κ1) is 14.1. The van der Waals surface area contributed by atoms with Crippen molar-refractivity contribution in [2.45, 2.75) is 25.3 Å². The lowest BCUT2D eigenvalue weighted by atomic mass is 9.87. The van der Waals surface area contributed by atoms with E-state index in [0.717, 1.165) is 29.4 Å². The van der Waals surface area contributed by atoms with Crippen LogP contribution in [0, 0.1) is 0 Å². The molecular weight excluding hydrogens is 328 g/mol. The molecule has 3 rings (SSSR count). The van der Waals surface area contributed by atoms with E-state index in [-0.39, 0.29) is 11.9 Å². The Morgan fingerprint density at radius 1 is 1.19 bits per heavy atom. The van der Waals surface area contributed by atoms with Gasteiger partial charge < -0.3 is 11.1 Å². The van der Waals surface area contributed by atoms with E-state index in [0.29, 0.717) is 5.56 Å². The predicted octanol–water partition coefficient (Wildman–Crippen LogP) is 3.84. The molecule has 2 aromatic carbocycles. The van der Waals surface area contributed by atoms with Crippen LogP contribution in [-0.4, -0.2) is 5.91 Å². The van der Waals surface area contributed by atoms with E-state index in [1.54, 1.807) is 0 Å². The Morgan fingerprint density at radius 2 is 1.95 bits per heavy atom. The molecule has 1 atom stereocenters. The smallest absolute Gasteiger partial charge is 0.251 e. The monoisotopic (exact) mass is 344 g/mol. The van der Waals surface area contributed by atoms with Crippen molar-refractivity contribution in [3.05, 3.63) is 63.6 Å². The van der Waals surface area contributed by atoms with Gasteiger partial charge in [-0.2, -0.15) is 0 Å². The average Bonchev–Trinajstić information content (AvgIpc) is 2.47. The van der Waals surface area contributed by atoms with Gasteiger partial charge in [-0.1, -0.05) is 22.0 Å². The number of aryl methyl sites for hydroxylation is 1. The van der Waals surface area contributed by atoms with Crippen LogP contribution in [0.25, 0.3) is 0 Å². The van der Waals surface area contributed by atoms with Crippen LogP contribution >= 0.6 is 15.9 Å². The maximum atomic E-state index is 12.3. The molecule has 0 aliphatic heterocycles. The summed E-state index contributed by atoms with van der Waals surface area (Å²) in [6, 6.07) is 13.4. The number of nitrogens with two attached hydrogens (primary N) is 1. The Labute approximate surface area is 132 Å². The minimum atomic E-state index is -0.0304. The summed E-state index contributed by atoms with van der Waals surface area (Å²) in [7, 11) is 0. The third kappa shape index (κ3) is 3.10. The van der Waals surface area contributed by atoms with Gasteiger partial charge in [-0.05, 0) is 66.8 Å². The summed E-state index contributed by atoms with van der Waals surface area (Å²) in [6.45, 7) is 0. The number of carbonyl (C=O) groups excluding carboxylic acids is 1. The lowest BCUT2D eigenvalue weighted by Gasteiger charge is -2.26. The van der Waals surface area contributed by atoms with Crippen LogP contribution < -0.4 is 11.1 Å². The summed E-state index contributed by atoms with van der Waals surface area (Å²) < 4.78 is 0.970. The van der Waals surface area contributed by atoms with Gasteiger partial charge in [0.2, 0.25) is 0 Å². The number of hydrogen-bond acceptors (Lipinski definition) is 2. The van der Waals surface area contributed by atoms with E-state index < -0.39 is 0 Å². The van der Waals surface area contributed by atoms with Gasteiger partial charge in [0, 0.05) is 15.7 Å². The van der Waals surface area contributed by atoms with Crippen LogP contribution in [0.4, 0.5) is 5.69 Å². The highest BCUT2D eigenvalue weighted by Crippen LogP contribution is 2.31. The molecule has 1 aliphatic carbocycles. The number of nitrogens with one attached hydrogen (secondary N) is 1. The van der Waals surface area contributed by atoms with Crippen molar-refractivity contribution >= 4 is 27.5 Å². The Bertz CT molecular complexity index is 667. The van der Waals surface area contributed by atoms with Crippen molar-refractivity contribution in [1.29, 1.82) is 0 Å². The van der Waals surface area contributed by atoms with Gasteiger partial charge in [0.05, 0.1) is 6.04 Å². The minimum Gasteiger partial charge on any atom is -0.399 e. The first-order chi connectivity index (χ1) is 10.1. The van der Waals surface area contributed by atoms with Crippen LogP contribution in [0.2, 0.25) is 0 Å². The Morgan fingerprint density at radius 3 is 2.71 bits per heavy atom. The second-order valence-electron chi connectivity index (χ2n) is 5.38. The molecule has 0 saturated heterocycles. The largest absolute Gasteiger partial charge is 0.399 e. The molecule has 2 aromatic rings. The quantitative estimate of drug-likeness (QED) is 0.813. The van der Waals surface area contributed by atoms with Crippen molar-refractivity contribution in [2.75, 3.05) is 5.73 Å². The first-order valence-corrected chi connectivity index (χ1v) is 7.87. The molecule has 0 aromatic heterocycles. The van der Waals surface area contributed by atoms with E-state index >= 15 is 0 Å². The normalized spacial score (nSPS) is 17.1. The third-order valence-electron chi connectivity index (χ3n) is 3.89. The number of rotatable bonds is 2. The van der Waals surface area contributed by atoms with Gasteiger partial charge in [0.15, 0.2) is 0 Å². The maximum Gasteiger partial charge on any atom is 0.251 e. The number of amides is 1. The van der Waals surface area contributed by atoms with Gasteiger partial charge in [-0.15, -0.1) is 0 Å². The molecule has 0 fully saturated rings. The summed E-state index contributed by atoms with van der Waals surface area (Å²) in [5.74, 6) is -0.0304. The van der Waals surface area contributed by atoms with Crippen molar-refractivity contribution in [3.8, 4) is 0 Å². The van der Waals surface area contributed by atoms with Gasteiger partial charge >= 0.3 is 0 Å². The molecule has 1 aliphatic rings. The molecule has 1 unspecified atom stereocenters. The highest BCUT2D eigenvalue weighted by molar-refractivity contribution is 9.10. The number of carbonyl (C=O) groups is 1. The zero-order chi connectivity index (χ0) is 14.8. The van der Waals surface area contributed by atoms with Gasteiger partial charge in [-0.3, -0.25) is 4.79 Å². The van der Waals surface area contributed by atoms with Crippen molar-refractivity contribution in [2.24, 2.45) is 0 Å². The molecule has 3 N–H and O–H groups in total. The van der Waals surface area contributed by atoms with Gasteiger partial charge in [0.25, 0.3) is 5.91 Å². The van der Waals surface area contributed by atoms with Crippen molar-refractivity contribution < 1.29 is 4.79 Å². The van der Waals surface area contributed by atoms with E-state index in [1.165, 1.54) is 11.1 Å². The Kier molecular flexibility index (Phi) is 3.97. The second-order valence-corrected chi connectivity index (χ2v) is 6.30. The number of nitrogen functional groups attached to an aromatic ring is 1. The molecule has 108 valence electrons. The summed E-state index contributed by atoms with van der Waals surface area (Å²) >= 11 is 3.38. The summed E-state index contributed by atoms with van der Waals surface area (Å²) in [5.41, 5.74) is 9.76. The topological polar surface area (TPSA) is 55.1 Å². The third-order valence-corrected chi connectivity index (χ3v) is 4.42. The first-order valence-electron chi connectivity index (χ1n) is 7.08. The average molecular weight is 345 g/mol. The van der Waals surface area contributed by atoms with Crippen LogP contribution in [0.5, 0.6) is 0 Å². The molecule has 0 heterocycles. The zero-order valence-electron chi connectivity index (χ0n) is 11.6. The van der Waals surface area contributed by atoms with E-state index in [4.69, 9.17) is 5.73 Å². The fourth-order valence-electron chi connectivity index (χ4n) is 2.83. The van der Waals surface area contributed by atoms with Crippen LogP contribution in [0.3, 0.4) is 0 Å². The molecule has 4 heteroatoms. The van der Waals surface area contributed by atoms with Gasteiger partial charge in [0.1, 0.15) is 0 Å². The van der Waals surface area contributed by atoms with Crippen molar-refractivity contribution in [1.82, 2.24) is 5.32 Å². The molecular formula is C17H17BrN2O. The van der Waals surface area contributed by atoms with E-state index in [9.17, 15) is 4.79 Å². The fourth-order valence-corrected chi connectivity index (χ4v) is 3.09. The highest BCUT2D eigenvalue weighted by Gasteiger charge is 2.22. The standard InChI is InChI=1S/C17H17BrN2O/c18-13-6-4-11(5-7-13)17(21)20-16-3-1-2-12-10-14(19)8-9-15(12)16/h4-10,16H,1-3,19H2,(H,20,21). The van der Waals surface area contributed by atoms with E-state index in [1.807, 2.05) is 42.5 Å². The molecule has 21 heavy (non-hydrogen) atoms. The SMILES string of the molecule is Nc1ccc2c(c1)CCCC2NC(=O)c1ccc(Br)cc1.